The number of carboxylic acids is 1. The van der Waals surface area contributed by atoms with Gasteiger partial charge in [0.15, 0.2) is 6.10 Å². The quantitative estimate of drug-likeness (QED) is 0.143. The highest BCUT2D eigenvalue weighted by atomic mass is 16.6. The maximum absolute atomic E-state index is 13.9. The highest BCUT2D eigenvalue weighted by Gasteiger charge is 2.39. The van der Waals surface area contributed by atoms with Gasteiger partial charge in [-0.05, 0) is 22.3 Å². The highest BCUT2D eigenvalue weighted by molar-refractivity contribution is 5.88. The van der Waals surface area contributed by atoms with Gasteiger partial charge in [0.1, 0.15) is 11.6 Å². The number of aliphatic carboxylic acids is 1. The Balaban J connectivity index is 1.20. The van der Waals surface area contributed by atoms with Crippen molar-refractivity contribution in [3.8, 4) is 0 Å². The van der Waals surface area contributed by atoms with Gasteiger partial charge in [-0.1, -0.05) is 121 Å². The number of nitrogens with zero attached hydrogens (tertiary/aromatic N) is 5. The minimum atomic E-state index is -1.39. The number of hydrogen-bond acceptors (Lipinski definition) is 7. The summed E-state index contributed by atoms with van der Waals surface area (Å²) in [6.45, 7) is 2.30. The molecule has 5 aromatic rings. The molecule has 1 saturated heterocycles. The molecular weight excluding hydrogens is 725 g/mol. The van der Waals surface area contributed by atoms with Crippen LogP contribution in [-0.4, -0.2) is 119 Å². The summed E-state index contributed by atoms with van der Waals surface area (Å²) in [4.78, 5) is 62.0. The molecule has 0 aliphatic carbocycles. The predicted molar refractivity (Wildman–Crippen MR) is 214 cm³/mol. The zero-order valence-electron chi connectivity index (χ0n) is 32.1. The Bertz CT molecular complexity index is 1980. The number of nitrogens with one attached hydrogen (secondary N) is 1. The third-order valence-electron chi connectivity index (χ3n) is 10.1. The van der Waals surface area contributed by atoms with E-state index in [2.05, 4.69) is 46.7 Å². The lowest BCUT2D eigenvalue weighted by Gasteiger charge is -2.37. The maximum Gasteiger partial charge on any atom is 0.410 e. The van der Waals surface area contributed by atoms with Gasteiger partial charge in [-0.3, -0.25) is 4.79 Å². The van der Waals surface area contributed by atoms with Gasteiger partial charge in [0.25, 0.3) is 5.91 Å². The molecule has 296 valence electrons. The summed E-state index contributed by atoms with van der Waals surface area (Å²) in [6, 6.07) is 37.5. The number of imidazole rings is 1. The fourth-order valence-electron chi connectivity index (χ4n) is 7.02. The van der Waals surface area contributed by atoms with E-state index in [4.69, 9.17) is 9.47 Å². The average Bonchev–Trinajstić information content (AvgIpc) is 3.72. The monoisotopic (exact) mass is 772 g/mol. The molecule has 4 aromatic carbocycles. The second-order valence-corrected chi connectivity index (χ2v) is 14.0. The minimum Gasteiger partial charge on any atom is -0.480 e. The molecule has 1 aromatic heterocycles. The number of carbonyl (C=O) groups excluding carboxylic acids is 3. The summed E-state index contributed by atoms with van der Waals surface area (Å²) in [7, 11) is 3.17. The molecule has 0 saturated carbocycles. The van der Waals surface area contributed by atoms with Crippen LogP contribution in [0.4, 0.5) is 9.59 Å². The molecule has 13 heteroatoms. The van der Waals surface area contributed by atoms with Crippen molar-refractivity contribution in [3.05, 3.63) is 162 Å². The number of benzene rings is 4. The Kier molecular flexibility index (Phi) is 13.3. The van der Waals surface area contributed by atoms with Crippen molar-refractivity contribution < 1.29 is 33.8 Å². The van der Waals surface area contributed by atoms with Gasteiger partial charge >= 0.3 is 18.1 Å². The average molecular weight is 773 g/mol. The van der Waals surface area contributed by atoms with Crippen molar-refractivity contribution in [3.63, 3.8) is 0 Å². The van der Waals surface area contributed by atoms with E-state index in [0.29, 0.717) is 37.6 Å². The molecule has 1 fully saturated rings. The molecule has 57 heavy (non-hydrogen) atoms. The first-order valence-electron chi connectivity index (χ1n) is 18.9. The number of morpholine rings is 1. The number of urea groups is 1. The molecule has 0 unspecified atom stereocenters. The number of carbonyl (C=O) groups is 4. The summed E-state index contributed by atoms with van der Waals surface area (Å²) in [5, 5.41) is 13.0. The van der Waals surface area contributed by atoms with E-state index < -0.39 is 35.7 Å². The van der Waals surface area contributed by atoms with E-state index in [9.17, 15) is 24.3 Å². The summed E-state index contributed by atoms with van der Waals surface area (Å²) < 4.78 is 13.1. The van der Waals surface area contributed by atoms with Gasteiger partial charge in [0.05, 0.1) is 25.2 Å². The van der Waals surface area contributed by atoms with E-state index in [-0.39, 0.29) is 32.0 Å². The van der Waals surface area contributed by atoms with Crippen LogP contribution in [0.2, 0.25) is 0 Å². The van der Waals surface area contributed by atoms with Crippen molar-refractivity contribution in [2.75, 3.05) is 53.5 Å². The smallest absolute Gasteiger partial charge is 0.410 e. The lowest BCUT2D eigenvalue weighted by Crippen LogP contribution is -2.50. The van der Waals surface area contributed by atoms with Crippen LogP contribution in [0.1, 0.15) is 27.9 Å². The molecule has 1 aliphatic rings. The number of likely N-dealkylation sites (N-methyl/N-ethyl adjacent to an activating group) is 2. The van der Waals surface area contributed by atoms with Crippen LogP contribution >= 0.6 is 0 Å². The number of aromatic nitrogens is 2. The zero-order valence-corrected chi connectivity index (χ0v) is 32.1. The van der Waals surface area contributed by atoms with Gasteiger partial charge in [-0.15, -0.1) is 0 Å². The lowest BCUT2D eigenvalue weighted by atomic mass is 9.77. The Morgan fingerprint density at radius 1 is 0.772 bits per heavy atom. The van der Waals surface area contributed by atoms with Crippen LogP contribution in [0.25, 0.3) is 0 Å². The van der Waals surface area contributed by atoms with Gasteiger partial charge in [0, 0.05) is 59.3 Å². The first-order valence-corrected chi connectivity index (χ1v) is 18.9. The van der Waals surface area contributed by atoms with Crippen molar-refractivity contribution in [2.24, 2.45) is 0 Å². The molecule has 13 nitrogen and oxygen atoms in total. The Labute approximate surface area is 332 Å². The number of hydrogen-bond donors (Lipinski definition) is 2. The van der Waals surface area contributed by atoms with Gasteiger partial charge < -0.3 is 39.2 Å². The van der Waals surface area contributed by atoms with Crippen molar-refractivity contribution in [1.82, 2.24) is 29.6 Å². The Morgan fingerprint density at radius 3 is 1.81 bits per heavy atom. The van der Waals surface area contributed by atoms with Crippen LogP contribution in [0.15, 0.2) is 134 Å². The summed E-state index contributed by atoms with van der Waals surface area (Å²) >= 11 is 0. The summed E-state index contributed by atoms with van der Waals surface area (Å²) in [5.41, 5.74) is 3.21. The second-order valence-electron chi connectivity index (χ2n) is 14.0. The SMILES string of the molecule is CN(CCN(C)C(=O)N1CCOCC1)C(=O)O[C@@H](Cc1ccccc1)C(=O)N[C@@H](Cc1cn(C(c2ccccc2)(c2ccccc2)c2ccccc2)cn1)C(=O)O. The summed E-state index contributed by atoms with van der Waals surface area (Å²) in [5.74, 6) is -2.03. The largest absolute Gasteiger partial charge is 0.480 e. The third kappa shape index (κ3) is 9.68. The predicted octanol–water partition coefficient (Wildman–Crippen LogP) is 4.90. The van der Waals surface area contributed by atoms with E-state index in [1.807, 2.05) is 71.4 Å². The fourth-order valence-corrected chi connectivity index (χ4v) is 7.02. The molecule has 1 aliphatic heterocycles. The second kappa shape index (κ2) is 18.9. The Hall–Kier alpha value is -6.47. The van der Waals surface area contributed by atoms with Crippen LogP contribution in [0.5, 0.6) is 0 Å². The summed E-state index contributed by atoms with van der Waals surface area (Å²) in [6.07, 6.45) is 1.23. The number of ether oxygens (including phenoxy) is 2. The van der Waals surface area contributed by atoms with E-state index in [1.165, 1.54) is 16.8 Å². The van der Waals surface area contributed by atoms with Crippen LogP contribution in [-0.2, 0) is 37.4 Å². The maximum atomic E-state index is 13.9. The number of rotatable bonds is 15. The third-order valence-corrected chi connectivity index (χ3v) is 10.1. The van der Waals surface area contributed by atoms with Crippen molar-refractivity contribution in [1.29, 1.82) is 0 Å². The number of carboxylic acid groups (broad SMARTS) is 1. The van der Waals surface area contributed by atoms with Crippen LogP contribution in [0, 0.1) is 0 Å². The molecular formula is C44H48N6O7. The van der Waals surface area contributed by atoms with Gasteiger partial charge in [-0.25, -0.2) is 19.4 Å². The van der Waals surface area contributed by atoms with Crippen LogP contribution in [0.3, 0.4) is 0 Å². The molecule has 0 bridgehead atoms. The molecule has 2 N–H and O–H groups in total. The molecule has 0 radical (unpaired) electrons. The standard InChI is InChI=1S/C44H48N6O7/c1-47(42(54)49-25-27-56-28-26-49)23-24-48(2)43(55)57-39(29-33-15-7-3-8-16-33)40(51)46-38(41(52)53)30-37-31-50(32-45-37)44(34-17-9-4-10-18-34,35-19-11-5-12-20-35)36-21-13-6-14-22-36/h3-22,31-32,38-39H,23-30H2,1-2H3,(H,46,51)(H,52,53)/t38-,39-/m0/s1. The molecule has 2 heterocycles. The first-order chi connectivity index (χ1) is 27.7. The Morgan fingerprint density at radius 2 is 1.28 bits per heavy atom. The van der Waals surface area contributed by atoms with E-state index >= 15 is 0 Å². The van der Waals surface area contributed by atoms with Crippen LogP contribution < -0.4 is 5.32 Å². The van der Waals surface area contributed by atoms with Gasteiger partial charge in [-0.2, -0.15) is 0 Å². The van der Waals surface area contributed by atoms with Crippen molar-refractivity contribution in [2.45, 2.75) is 30.5 Å². The molecule has 2 atom stereocenters. The van der Waals surface area contributed by atoms with Gasteiger partial charge in [0.2, 0.25) is 0 Å². The lowest BCUT2D eigenvalue weighted by molar-refractivity contribution is -0.143. The highest BCUT2D eigenvalue weighted by Crippen LogP contribution is 2.40. The van der Waals surface area contributed by atoms with Crippen molar-refractivity contribution >= 4 is 24.0 Å². The van der Waals surface area contributed by atoms with E-state index in [1.54, 1.807) is 42.5 Å². The normalized spacial score (nSPS) is 13.9. The minimum absolute atomic E-state index is 0.0103. The number of amides is 4. The van der Waals surface area contributed by atoms with E-state index in [0.717, 1.165) is 16.7 Å². The first kappa shape index (κ1) is 40.2. The molecule has 6 rings (SSSR count). The fraction of sp³-hybridized carbons (Fsp3) is 0.295. The topological polar surface area (TPSA) is 147 Å². The molecule has 4 amide bonds. The molecule has 0 spiro atoms. The zero-order chi connectivity index (χ0) is 40.2.